The van der Waals surface area contributed by atoms with E-state index in [1.54, 1.807) is 16.2 Å². The summed E-state index contributed by atoms with van der Waals surface area (Å²) >= 11 is 1.62. The van der Waals surface area contributed by atoms with Gasteiger partial charge in [0.15, 0.2) is 5.82 Å². The molecule has 0 aromatic carbocycles. The van der Waals surface area contributed by atoms with Crippen molar-refractivity contribution >= 4 is 23.1 Å². The Hall–Kier alpha value is -1.99. The van der Waals surface area contributed by atoms with E-state index >= 15 is 0 Å². The first-order valence-electron chi connectivity index (χ1n) is 5.85. The minimum Gasteiger partial charge on any atom is -0.332 e. The first-order valence-corrected chi connectivity index (χ1v) is 6.73. The molecule has 0 fully saturated rings. The Morgan fingerprint density at radius 3 is 3.00 bits per heavy atom. The van der Waals surface area contributed by atoms with E-state index in [0.29, 0.717) is 18.9 Å². The molecule has 0 spiro atoms. The number of nitrogens with zero attached hydrogens (tertiary/aromatic N) is 3. The number of anilines is 1. The van der Waals surface area contributed by atoms with Crippen LogP contribution in [0.25, 0.3) is 0 Å². The lowest BCUT2D eigenvalue weighted by molar-refractivity contribution is 0.0748. The number of thiophene rings is 1. The Kier molecular flexibility index (Phi) is 4.43. The Morgan fingerprint density at radius 2 is 2.37 bits per heavy atom. The molecular formula is C12H15N5OS. The first-order chi connectivity index (χ1) is 9.24. The number of carbonyl (C=O) groups excluding carboxylic acids is 1. The second kappa shape index (κ2) is 6.26. The van der Waals surface area contributed by atoms with Crippen LogP contribution in [0.4, 0.5) is 5.82 Å². The smallest absolute Gasteiger partial charge is 0.274 e. The lowest BCUT2D eigenvalue weighted by atomic mass is 10.3. The summed E-state index contributed by atoms with van der Waals surface area (Å²) in [4.78, 5) is 23.2. The highest BCUT2D eigenvalue weighted by Gasteiger charge is 2.17. The van der Waals surface area contributed by atoms with Gasteiger partial charge >= 0.3 is 0 Å². The molecule has 1 amide bonds. The molecular weight excluding hydrogens is 262 g/mol. The molecule has 0 aliphatic rings. The molecule has 2 aromatic rings. The van der Waals surface area contributed by atoms with Crippen molar-refractivity contribution in [2.45, 2.75) is 13.5 Å². The number of hydrazine groups is 1. The summed E-state index contributed by atoms with van der Waals surface area (Å²) < 4.78 is 0. The molecule has 0 atom stereocenters. The highest BCUT2D eigenvalue weighted by atomic mass is 32.1. The summed E-state index contributed by atoms with van der Waals surface area (Å²) in [6.07, 6.45) is 2.91. The van der Waals surface area contributed by atoms with Gasteiger partial charge < -0.3 is 10.3 Å². The van der Waals surface area contributed by atoms with E-state index in [9.17, 15) is 4.79 Å². The largest absolute Gasteiger partial charge is 0.332 e. The van der Waals surface area contributed by atoms with Crippen LogP contribution in [0.2, 0.25) is 0 Å². The van der Waals surface area contributed by atoms with Crippen molar-refractivity contribution in [1.82, 2.24) is 14.9 Å². The maximum Gasteiger partial charge on any atom is 0.274 e. The maximum absolute atomic E-state index is 12.3. The molecule has 2 rings (SSSR count). The van der Waals surface area contributed by atoms with E-state index in [1.165, 1.54) is 12.4 Å². The molecule has 0 aliphatic heterocycles. The van der Waals surface area contributed by atoms with Gasteiger partial charge in [-0.3, -0.25) is 9.78 Å². The molecule has 0 unspecified atom stereocenters. The predicted octanol–water partition coefficient (Wildman–Crippen LogP) is 1.49. The van der Waals surface area contributed by atoms with Crippen molar-refractivity contribution in [2.75, 3.05) is 12.0 Å². The fourth-order valence-corrected chi connectivity index (χ4v) is 2.34. The van der Waals surface area contributed by atoms with Gasteiger partial charge in [-0.25, -0.2) is 10.8 Å². The molecule has 0 aliphatic carbocycles. The standard InChI is InChI=1S/C12H15N5OS/c1-2-17(8-9-4-3-5-19-9)12(18)10-6-14-7-11(15-10)16-13/h3-7H,2,8,13H2,1H3,(H,15,16). The minimum absolute atomic E-state index is 0.152. The van der Waals surface area contributed by atoms with E-state index < -0.39 is 0 Å². The third-order valence-electron chi connectivity index (χ3n) is 2.60. The van der Waals surface area contributed by atoms with Crippen molar-refractivity contribution in [3.05, 3.63) is 40.5 Å². The molecule has 19 heavy (non-hydrogen) atoms. The Bertz CT molecular complexity index is 543. The van der Waals surface area contributed by atoms with E-state index in [4.69, 9.17) is 5.84 Å². The van der Waals surface area contributed by atoms with Crippen LogP contribution in [-0.4, -0.2) is 27.3 Å². The number of amides is 1. The van der Waals surface area contributed by atoms with Gasteiger partial charge in [0.2, 0.25) is 0 Å². The van der Waals surface area contributed by atoms with Crippen molar-refractivity contribution < 1.29 is 4.79 Å². The molecule has 0 radical (unpaired) electrons. The Balaban J connectivity index is 2.15. The molecule has 0 saturated heterocycles. The van der Waals surface area contributed by atoms with E-state index in [-0.39, 0.29) is 11.6 Å². The molecule has 7 heteroatoms. The zero-order valence-corrected chi connectivity index (χ0v) is 11.4. The average molecular weight is 277 g/mol. The number of carbonyl (C=O) groups is 1. The van der Waals surface area contributed by atoms with Gasteiger partial charge in [-0.2, -0.15) is 0 Å². The normalized spacial score (nSPS) is 10.2. The van der Waals surface area contributed by atoms with Gasteiger partial charge in [-0.15, -0.1) is 11.3 Å². The average Bonchev–Trinajstić information content (AvgIpc) is 2.97. The number of aromatic nitrogens is 2. The zero-order valence-electron chi connectivity index (χ0n) is 10.5. The van der Waals surface area contributed by atoms with Crippen molar-refractivity contribution in [2.24, 2.45) is 5.84 Å². The topological polar surface area (TPSA) is 84.1 Å². The Labute approximate surface area is 115 Å². The van der Waals surface area contributed by atoms with E-state index in [0.717, 1.165) is 4.88 Å². The summed E-state index contributed by atoms with van der Waals surface area (Å²) in [6.45, 7) is 3.12. The second-order valence-electron chi connectivity index (χ2n) is 3.83. The monoisotopic (exact) mass is 277 g/mol. The maximum atomic E-state index is 12.3. The van der Waals surface area contributed by atoms with Crippen LogP contribution in [0.1, 0.15) is 22.3 Å². The molecule has 2 aromatic heterocycles. The number of nitrogen functional groups attached to an aromatic ring is 1. The highest BCUT2D eigenvalue weighted by molar-refractivity contribution is 7.09. The molecule has 0 bridgehead atoms. The van der Waals surface area contributed by atoms with Gasteiger partial charge in [0.25, 0.3) is 5.91 Å². The third-order valence-corrected chi connectivity index (χ3v) is 3.46. The number of nitrogens with one attached hydrogen (secondary N) is 1. The summed E-state index contributed by atoms with van der Waals surface area (Å²) in [5.74, 6) is 5.48. The number of nitrogens with two attached hydrogens (primary N) is 1. The van der Waals surface area contributed by atoms with E-state index in [2.05, 4.69) is 15.4 Å². The molecule has 100 valence electrons. The van der Waals surface area contributed by atoms with Crippen LogP contribution in [0.3, 0.4) is 0 Å². The SMILES string of the molecule is CCN(Cc1cccs1)C(=O)c1cncc(NN)n1. The fourth-order valence-electron chi connectivity index (χ4n) is 1.62. The van der Waals surface area contributed by atoms with Crippen LogP contribution in [0.5, 0.6) is 0 Å². The van der Waals surface area contributed by atoms with Gasteiger partial charge in [0.1, 0.15) is 5.69 Å². The van der Waals surface area contributed by atoms with Crippen LogP contribution in [0.15, 0.2) is 29.9 Å². The third kappa shape index (κ3) is 3.27. The second-order valence-corrected chi connectivity index (χ2v) is 4.86. The molecule has 2 heterocycles. The predicted molar refractivity (Wildman–Crippen MR) is 74.6 cm³/mol. The minimum atomic E-state index is -0.152. The highest BCUT2D eigenvalue weighted by Crippen LogP contribution is 2.13. The van der Waals surface area contributed by atoms with Gasteiger partial charge in [-0.05, 0) is 18.4 Å². The number of hydrogen-bond donors (Lipinski definition) is 2. The van der Waals surface area contributed by atoms with Crippen LogP contribution >= 0.6 is 11.3 Å². The summed E-state index contributed by atoms with van der Waals surface area (Å²) in [5, 5.41) is 1.99. The number of hydrogen-bond acceptors (Lipinski definition) is 6. The van der Waals surface area contributed by atoms with Crippen LogP contribution in [0, 0.1) is 0 Å². The van der Waals surface area contributed by atoms with Crippen molar-refractivity contribution in [1.29, 1.82) is 0 Å². The Morgan fingerprint density at radius 1 is 1.53 bits per heavy atom. The lowest BCUT2D eigenvalue weighted by Gasteiger charge is -2.19. The van der Waals surface area contributed by atoms with Gasteiger partial charge in [0.05, 0.1) is 18.9 Å². The summed E-state index contributed by atoms with van der Waals surface area (Å²) in [6, 6.07) is 3.97. The fraction of sp³-hybridized carbons (Fsp3) is 0.250. The van der Waals surface area contributed by atoms with Crippen LogP contribution < -0.4 is 11.3 Å². The van der Waals surface area contributed by atoms with Crippen molar-refractivity contribution in [3.63, 3.8) is 0 Å². The molecule has 3 N–H and O–H groups in total. The van der Waals surface area contributed by atoms with E-state index in [1.807, 2.05) is 24.4 Å². The zero-order chi connectivity index (χ0) is 13.7. The molecule has 0 saturated carbocycles. The van der Waals surface area contributed by atoms with Gasteiger partial charge in [0, 0.05) is 11.4 Å². The van der Waals surface area contributed by atoms with Crippen molar-refractivity contribution in [3.8, 4) is 0 Å². The lowest BCUT2D eigenvalue weighted by Crippen LogP contribution is -2.31. The quantitative estimate of drug-likeness (QED) is 0.639. The first kappa shape index (κ1) is 13.4. The number of rotatable bonds is 5. The summed E-state index contributed by atoms with van der Waals surface area (Å²) in [5.41, 5.74) is 2.67. The summed E-state index contributed by atoms with van der Waals surface area (Å²) in [7, 11) is 0. The molecule has 6 nitrogen and oxygen atoms in total. The van der Waals surface area contributed by atoms with Gasteiger partial charge in [-0.1, -0.05) is 6.07 Å². The van der Waals surface area contributed by atoms with Crippen LogP contribution in [-0.2, 0) is 6.54 Å².